The second-order valence-corrected chi connectivity index (χ2v) is 7.43. The van der Waals surface area contributed by atoms with Gasteiger partial charge in [0, 0.05) is 31.9 Å². The van der Waals surface area contributed by atoms with Gasteiger partial charge in [-0.15, -0.1) is 0 Å². The average molecular weight is 400 g/mol. The van der Waals surface area contributed by atoms with Crippen LogP contribution in [0.25, 0.3) is 5.57 Å². The molecule has 2 aliphatic rings. The lowest BCUT2D eigenvalue weighted by atomic mass is 9.83. The van der Waals surface area contributed by atoms with Crippen molar-refractivity contribution in [2.24, 2.45) is 4.99 Å². The quantitative estimate of drug-likeness (QED) is 0.737. The van der Waals surface area contributed by atoms with E-state index in [1.807, 2.05) is 43.0 Å². The Morgan fingerprint density at radius 3 is 1.96 bits per heavy atom. The van der Waals surface area contributed by atoms with Crippen LogP contribution in [0.4, 0.5) is 5.69 Å². The first-order valence-corrected chi connectivity index (χ1v) is 10.4. The molecule has 3 rings (SSSR count). The molecule has 6 nitrogen and oxygen atoms in total. The van der Waals surface area contributed by atoms with Gasteiger partial charge in [-0.2, -0.15) is 4.99 Å². The van der Waals surface area contributed by atoms with Crippen LogP contribution >= 0.6 is 11.8 Å². The Morgan fingerprint density at radius 1 is 0.893 bits per heavy atom. The number of nitrogens with zero attached hydrogens (tertiary/aromatic N) is 3. The van der Waals surface area contributed by atoms with Crippen LogP contribution < -0.4 is 4.90 Å². The summed E-state index contributed by atoms with van der Waals surface area (Å²) in [6, 6.07) is 7.55. The number of Topliss-reactive ketones (excluding diaryl/α,β-unsaturated/α-hetero) is 1. The molecular weight excluding hydrogens is 374 g/mol. The summed E-state index contributed by atoms with van der Waals surface area (Å²) in [5, 5.41) is 11.1. The molecule has 0 saturated carbocycles. The minimum absolute atomic E-state index is 0.0868. The predicted molar refractivity (Wildman–Crippen MR) is 115 cm³/mol. The van der Waals surface area contributed by atoms with Crippen molar-refractivity contribution in [2.75, 3.05) is 31.1 Å². The molecular formula is C21H25N3O3S. The lowest BCUT2D eigenvalue weighted by Crippen LogP contribution is -2.27. The van der Waals surface area contributed by atoms with Crippen LogP contribution in [-0.4, -0.2) is 53.0 Å². The van der Waals surface area contributed by atoms with Crippen LogP contribution in [0.3, 0.4) is 0 Å². The number of thioether (sulfide) groups is 1. The first-order chi connectivity index (χ1) is 13.5. The monoisotopic (exact) mass is 399 g/mol. The molecule has 1 heterocycles. The first kappa shape index (κ1) is 20.2. The van der Waals surface area contributed by atoms with E-state index >= 15 is 0 Å². The summed E-state index contributed by atoms with van der Waals surface area (Å²) in [5.74, 6) is -0.884. The summed E-state index contributed by atoms with van der Waals surface area (Å²) >= 11 is 1.16. The minimum atomic E-state index is -0.460. The Kier molecular flexibility index (Phi) is 5.93. The Hall–Kier alpha value is -2.54. The van der Waals surface area contributed by atoms with Crippen molar-refractivity contribution in [3.8, 4) is 0 Å². The Balaban J connectivity index is 1.88. The smallest absolute Gasteiger partial charge is 0.287 e. The fourth-order valence-electron chi connectivity index (χ4n) is 3.39. The molecule has 1 amide bonds. The number of aliphatic hydroxyl groups excluding tert-OH is 1. The maximum absolute atomic E-state index is 12.7. The lowest BCUT2D eigenvalue weighted by molar-refractivity contribution is -0.115. The van der Waals surface area contributed by atoms with Gasteiger partial charge < -0.3 is 14.9 Å². The van der Waals surface area contributed by atoms with E-state index < -0.39 is 5.91 Å². The SMILES string of the molecule is CCN(CC)C1=NC(=O)C(=C2C(=O)C(c3ccc(N(CC)CC)cc3)=C2O)S1. The number of carbonyl (C=O) groups excluding carboxylic acids is 2. The van der Waals surface area contributed by atoms with E-state index in [2.05, 4.69) is 23.7 Å². The minimum Gasteiger partial charge on any atom is -0.506 e. The van der Waals surface area contributed by atoms with E-state index in [0.717, 1.165) is 43.6 Å². The maximum Gasteiger partial charge on any atom is 0.287 e. The second kappa shape index (κ2) is 8.22. The van der Waals surface area contributed by atoms with Crippen molar-refractivity contribution in [2.45, 2.75) is 27.7 Å². The number of amidine groups is 1. The standard InChI is InChI=1S/C21H25N3O3S/c1-5-23(6-2)14-11-9-13(10-12-14)15-17(25)16(18(15)26)19-20(27)22-21(28-19)24(7-3)8-4/h9-12,25H,5-8H2,1-4H3. The molecule has 1 aliphatic heterocycles. The van der Waals surface area contributed by atoms with Crippen LogP contribution in [0.2, 0.25) is 0 Å². The van der Waals surface area contributed by atoms with Crippen LogP contribution in [0.1, 0.15) is 33.3 Å². The number of ketones is 1. The molecule has 0 aromatic heterocycles. The summed E-state index contributed by atoms with van der Waals surface area (Å²) in [6.45, 7) is 11.4. The van der Waals surface area contributed by atoms with Crippen molar-refractivity contribution in [1.29, 1.82) is 0 Å². The van der Waals surface area contributed by atoms with Gasteiger partial charge in [-0.1, -0.05) is 12.1 Å². The molecule has 1 N–H and O–H groups in total. The molecule has 1 aliphatic carbocycles. The highest BCUT2D eigenvalue weighted by Gasteiger charge is 2.41. The molecule has 0 bridgehead atoms. The van der Waals surface area contributed by atoms with E-state index in [1.165, 1.54) is 0 Å². The van der Waals surface area contributed by atoms with Gasteiger partial charge in [-0.3, -0.25) is 9.59 Å². The largest absolute Gasteiger partial charge is 0.506 e. The molecule has 0 saturated heterocycles. The summed E-state index contributed by atoms with van der Waals surface area (Å²) in [7, 11) is 0. The highest BCUT2D eigenvalue weighted by Crippen LogP contribution is 2.43. The number of benzene rings is 1. The number of hydrogen-bond acceptors (Lipinski definition) is 6. The number of aliphatic hydroxyl groups is 1. The molecule has 28 heavy (non-hydrogen) atoms. The fraction of sp³-hybridized carbons (Fsp3) is 0.381. The fourth-order valence-corrected chi connectivity index (χ4v) is 4.51. The number of hydrogen-bond donors (Lipinski definition) is 1. The van der Waals surface area contributed by atoms with Gasteiger partial charge in [0.05, 0.1) is 16.1 Å². The van der Waals surface area contributed by atoms with E-state index in [9.17, 15) is 14.7 Å². The zero-order valence-corrected chi connectivity index (χ0v) is 17.5. The number of allylic oxidation sites excluding steroid dienone is 2. The number of anilines is 1. The molecule has 148 valence electrons. The van der Waals surface area contributed by atoms with Crippen molar-refractivity contribution in [3.05, 3.63) is 46.1 Å². The summed E-state index contributed by atoms with van der Waals surface area (Å²) in [6.07, 6.45) is 0. The molecule has 1 aromatic carbocycles. The summed E-state index contributed by atoms with van der Waals surface area (Å²) < 4.78 is 0. The van der Waals surface area contributed by atoms with Crippen LogP contribution in [-0.2, 0) is 9.59 Å². The molecule has 1 aromatic rings. The molecule has 0 unspecified atom stereocenters. The van der Waals surface area contributed by atoms with Crippen LogP contribution in [0.15, 0.2) is 45.5 Å². The normalized spacial score (nSPS) is 19.1. The van der Waals surface area contributed by atoms with Gasteiger partial charge in [-0.25, -0.2) is 0 Å². The highest BCUT2D eigenvalue weighted by molar-refractivity contribution is 8.18. The number of amides is 1. The van der Waals surface area contributed by atoms with Gasteiger partial charge >= 0.3 is 0 Å². The molecule has 0 fully saturated rings. The van der Waals surface area contributed by atoms with E-state index in [0.29, 0.717) is 10.7 Å². The third kappa shape index (κ3) is 3.35. The summed E-state index contributed by atoms with van der Waals surface area (Å²) in [4.78, 5) is 33.4. The van der Waals surface area contributed by atoms with Gasteiger partial charge in [0.2, 0.25) is 5.78 Å². The predicted octanol–water partition coefficient (Wildman–Crippen LogP) is 3.61. The molecule has 7 heteroatoms. The highest BCUT2D eigenvalue weighted by atomic mass is 32.2. The van der Waals surface area contributed by atoms with Gasteiger partial charge in [0.15, 0.2) is 5.17 Å². The Labute approximate surface area is 169 Å². The van der Waals surface area contributed by atoms with E-state index in [-0.39, 0.29) is 27.6 Å². The lowest BCUT2D eigenvalue weighted by Gasteiger charge is -2.24. The van der Waals surface area contributed by atoms with Gasteiger partial charge in [0.1, 0.15) is 5.76 Å². The van der Waals surface area contributed by atoms with Crippen molar-refractivity contribution >= 4 is 39.9 Å². The Bertz CT molecular complexity index is 892. The Morgan fingerprint density at radius 2 is 1.46 bits per heavy atom. The van der Waals surface area contributed by atoms with Crippen LogP contribution in [0, 0.1) is 0 Å². The molecule has 0 radical (unpaired) electrons. The number of aliphatic imine (C=N–C) groups is 1. The van der Waals surface area contributed by atoms with Crippen molar-refractivity contribution in [1.82, 2.24) is 4.90 Å². The summed E-state index contributed by atoms with van der Waals surface area (Å²) in [5.41, 5.74) is 2.07. The van der Waals surface area contributed by atoms with Gasteiger partial charge in [0.25, 0.3) is 5.91 Å². The average Bonchev–Trinajstić information content (AvgIpc) is 3.06. The number of carbonyl (C=O) groups is 2. The zero-order valence-electron chi connectivity index (χ0n) is 16.7. The topological polar surface area (TPSA) is 73.2 Å². The van der Waals surface area contributed by atoms with Crippen molar-refractivity contribution in [3.63, 3.8) is 0 Å². The number of rotatable bonds is 6. The van der Waals surface area contributed by atoms with E-state index in [1.54, 1.807) is 0 Å². The van der Waals surface area contributed by atoms with Gasteiger partial charge in [-0.05, 0) is 57.2 Å². The first-order valence-electron chi connectivity index (χ1n) is 9.60. The third-order valence-corrected chi connectivity index (χ3v) is 6.17. The zero-order chi connectivity index (χ0) is 20.4. The maximum atomic E-state index is 12.7. The van der Waals surface area contributed by atoms with E-state index in [4.69, 9.17) is 0 Å². The van der Waals surface area contributed by atoms with Crippen molar-refractivity contribution < 1.29 is 14.7 Å². The third-order valence-electron chi connectivity index (χ3n) is 5.06. The molecule has 0 spiro atoms. The molecule has 0 atom stereocenters. The van der Waals surface area contributed by atoms with Crippen LogP contribution in [0.5, 0.6) is 0 Å². The second-order valence-electron chi connectivity index (χ2n) is 6.45.